The van der Waals surface area contributed by atoms with Crippen molar-refractivity contribution in [3.63, 3.8) is 0 Å². The summed E-state index contributed by atoms with van der Waals surface area (Å²) in [4.78, 5) is 80.0. The number of carbonyl (C=O) groups is 6. The number of nitrogens with one attached hydrogen (secondary N) is 6. The number of hydrogen-bond acceptors (Lipinski definition) is 9. The van der Waals surface area contributed by atoms with Gasteiger partial charge in [0.25, 0.3) is 0 Å². The number of para-hydroxylation sites is 1. The summed E-state index contributed by atoms with van der Waals surface area (Å²) >= 11 is 0. The first-order chi connectivity index (χ1) is 23.2. The smallest absolute Gasteiger partial charge is 0.326 e. The maximum Gasteiger partial charge on any atom is 0.326 e. The van der Waals surface area contributed by atoms with E-state index in [1.165, 1.54) is 0 Å². The van der Waals surface area contributed by atoms with Crippen molar-refractivity contribution in [2.75, 3.05) is 19.7 Å². The van der Waals surface area contributed by atoms with Gasteiger partial charge in [0.2, 0.25) is 29.5 Å². The van der Waals surface area contributed by atoms with Crippen molar-refractivity contribution < 1.29 is 39.0 Å². The van der Waals surface area contributed by atoms with Gasteiger partial charge in [0, 0.05) is 23.5 Å². The highest BCUT2D eigenvalue weighted by atomic mass is 16.4. The lowest BCUT2D eigenvalue weighted by molar-refractivity contribution is -0.144. The molecule has 5 amide bonds. The summed E-state index contributed by atoms with van der Waals surface area (Å²) in [6.07, 6.45) is 3.93. The lowest BCUT2D eigenvalue weighted by Crippen LogP contribution is -2.58. The monoisotopic (exact) mass is 688 g/mol. The van der Waals surface area contributed by atoms with E-state index in [4.69, 9.17) is 11.5 Å². The largest absolute Gasteiger partial charge is 0.480 e. The van der Waals surface area contributed by atoms with Crippen LogP contribution >= 0.6 is 0 Å². The van der Waals surface area contributed by atoms with Gasteiger partial charge in [-0.2, -0.15) is 0 Å². The molecule has 2 aromatic rings. The van der Waals surface area contributed by atoms with Crippen LogP contribution in [0.25, 0.3) is 10.9 Å². The minimum Gasteiger partial charge on any atom is -0.480 e. The standard InChI is InChI=1S/C33H52N8O8/c1-5-19(4)28(33(48)49)41-31(46)25(17-42)38-26(43)16-37-30(45)24(14-20-15-36-23-12-7-6-10-21(20)23)39-32(47)27(18(2)3)40-29(44)22(35)11-8-9-13-34/h6-7,10,12,15,18-19,22,24-25,27-28,36,42H,5,8-9,11,13-14,16-17,34-35H2,1-4H3,(H,37,45)(H,38,43)(H,39,47)(H,40,44)(H,41,46)(H,48,49)/t19-,22-,24-,25-,27-,28-/m0/s1. The molecule has 2 rings (SSSR count). The number of H-pyrrole nitrogens is 1. The summed E-state index contributed by atoms with van der Waals surface area (Å²) in [5.74, 6) is -5.66. The second-order valence-electron chi connectivity index (χ2n) is 12.5. The molecule has 0 unspecified atom stereocenters. The number of aromatic nitrogens is 1. The Balaban J connectivity index is 2.18. The lowest BCUT2D eigenvalue weighted by Gasteiger charge is -2.26. The molecule has 0 aliphatic rings. The Morgan fingerprint density at radius 2 is 1.53 bits per heavy atom. The Hall–Kier alpha value is -4.54. The van der Waals surface area contributed by atoms with Crippen molar-refractivity contribution >= 4 is 46.4 Å². The van der Waals surface area contributed by atoms with E-state index in [0.717, 1.165) is 10.9 Å². The fourth-order valence-corrected chi connectivity index (χ4v) is 5.09. The molecule has 0 radical (unpaired) electrons. The number of carboxylic acids is 1. The van der Waals surface area contributed by atoms with Crippen LogP contribution in [0.2, 0.25) is 0 Å². The Morgan fingerprint density at radius 1 is 0.857 bits per heavy atom. The maximum absolute atomic E-state index is 13.5. The number of aromatic amines is 1. The zero-order valence-electron chi connectivity index (χ0n) is 28.6. The van der Waals surface area contributed by atoms with Gasteiger partial charge in [-0.15, -0.1) is 0 Å². The number of carboxylic acid groups (broad SMARTS) is 1. The molecule has 0 fully saturated rings. The molecule has 6 atom stereocenters. The fraction of sp³-hybridized carbons (Fsp3) is 0.576. The zero-order chi connectivity index (χ0) is 36.7. The molecule has 12 N–H and O–H groups in total. The fourth-order valence-electron chi connectivity index (χ4n) is 5.09. The van der Waals surface area contributed by atoms with Crippen molar-refractivity contribution in [1.82, 2.24) is 31.6 Å². The highest BCUT2D eigenvalue weighted by molar-refractivity contribution is 5.96. The molecule has 0 spiro atoms. The van der Waals surface area contributed by atoms with E-state index >= 15 is 0 Å². The first-order valence-corrected chi connectivity index (χ1v) is 16.6. The van der Waals surface area contributed by atoms with Gasteiger partial charge < -0.3 is 53.2 Å². The third kappa shape index (κ3) is 12.5. The average molecular weight is 689 g/mol. The SMILES string of the molecule is CC[C@H](C)[C@H](NC(=O)[C@H](CO)NC(=O)CNC(=O)[C@H](Cc1c[nH]c2ccccc12)NC(=O)[C@@H](NC(=O)[C@@H](N)CCCCN)C(C)C)C(=O)O. The second-order valence-corrected chi connectivity index (χ2v) is 12.5. The number of hydrogen-bond donors (Lipinski definition) is 10. The predicted molar refractivity (Wildman–Crippen MR) is 183 cm³/mol. The van der Waals surface area contributed by atoms with Crippen LogP contribution in [0.3, 0.4) is 0 Å². The number of unbranched alkanes of at least 4 members (excludes halogenated alkanes) is 1. The highest BCUT2D eigenvalue weighted by Gasteiger charge is 2.32. The number of rotatable bonds is 21. The molecule has 1 heterocycles. The molecule has 0 aliphatic heterocycles. The van der Waals surface area contributed by atoms with E-state index in [2.05, 4.69) is 31.6 Å². The van der Waals surface area contributed by atoms with Gasteiger partial charge >= 0.3 is 5.97 Å². The number of aliphatic carboxylic acids is 1. The van der Waals surface area contributed by atoms with Crippen molar-refractivity contribution in [3.05, 3.63) is 36.0 Å². The Kier molecular flexibility index (Phi) is 16.7. The van der Waals surface area contributed by atoms with Crippen LogP contribution in [-0.4, -0.2) is 101 Å². The summed E-state index contributed by atoms with van der Waals surface area (Å²) in [5, 5.41) is 32.5. The van der Waals surface area contributed by atoms with E-state index in [9.17, 15) is 39.0 Å². The first-order valence-electron chi connectivity index (χ1n) is 16.6. The van der Waals surface area contributed by atoms with Gasteiger partial charge in [0.05, 0.1) is 19.2 Å². The van der Waals surface area contributed by atoms with Crippen molar-refractivity contribution in [3.8, 4) is 0 Å². The van der Waals surface area contributed by atoms with Crippen LogP contribution in [0.4, 0.5) is 0 Å². The van der Waals surface area contributed by atoms with Gasteiger partial charge in [0.15, 0.2) is 0 Å². The summed E-state index contributed by atoms with van der Waals surface area (Å²) < 4.78 is 0. The quantitative estimate of drug-likeness (QED) is 0.0715. The molecule has 16 nitrogen and oxygen atoms in total. The van der Waals surface area contributed by atoms with Crippen molar-refractivity contribution in [1.29, 1.82) is 0 Å². The number of benzene rings is 1. The average Bonchev–Trinajstić information content (AvgIpc) is 3.48. The molecule has 16 heteroatoms. The zero-order valence-corrected chi connectivity index (χ0v) is 28.6. The van der Waals surface area contributed by atoms with Gasteiger partial charge in [-0.1, -0.05) is 58.7 Å². The molecule has 49 heavy (non-hydrogen) atoms. The topological polar surface area (TPSA) is 271 Å². The van der Waals surface area contributed by atoms with Crippen molar-refractivity contribution in [2.24, 2.45) is 23.3 Å². The number of amides is 5. The van der Waals surface area contributed by atoms with Crippen LogP contribution in [0.15, 0.2) is 30.5 Å². The summed E-state index contributed by atoms with van der Waals surface area (Å²) in [5.41, 5.74) is 13.1. The van der Waals surface area contributed by atoms with Crippen LogP contribution in [0.5, 0.6) is 0 Å². The minimum absolute atomic E-state index is 0.0223. The van der Waals surface area contributed by atoms with Gasteiger partial charge in [-0.25, -0.2) is 4.79 Å². The predicted octanol–water partition coefficient (Wildman–Crippen LogP) is -0.999. The molecule has 0 saturated heterocycles. The van der Waals surface area contributed by atoms with E-state index in [1.54, 1.807) is 33.9 Å². The third-order valence-electron chi connectivity index (χ3n) is 8.32. The Morgan fingerprint density at radius 3 is 2.14 bits per heavy atom. The molecule has 1 aromatic carbocycles. The van der Waals surface area contributed by atoms with E-state index in [-0.39, 0.29) is 12.3 Å². The van der Waals surface area contributed by atoms with Crippen LogP contribution in [0.1, 0.15) is 58.9 Å². The molecular formula is C33H52N8O8. The number of carbonyl (C=O) groups excluding carboxylic acids is 5. The number of aliphatic hydroxyl groups is 1. The molecule has 0 bridgehead atoms. The summed E-state index contributed by atoms with van der Waals surface area (Å²) in [6.45, 7) is 5.89. The van der Waals surface area contributed by atoms with Gasteiger partial charge in [0.1, 0.15) is 24.2 Å². The molecule has 272 valence electrons. The Bertz CT molecular complexity index is 1430. The lowest BCUT2D eigenvalue weighted by atomic mass is 9.99. The first kappa shape index (κ1) is 40.6. The van der Waals surface area contributed by atoms with Gasteiger partial charge in [-0.3, -0.25) is 24.0 Å². The third-order valence-corrected chi connectivity index (χ3v) is 8.32. The second kappa shape index (κ2) is 20.1. The number of fused-ring (bicyclic) bond motifs is 1. The normalized spacial score (nSPS) is 14.9. The van der Waals surface area contributed by atoms with Gasteiger partial charge in [-0.05, 0) is 42.9 Å². The van der Waals surface area contributed by atoms with Crippen LogP contribution < -0.4 is 38.1 Å². The highest BCUT2D eigenvalue weighted by Crippen LogP contribution is 2.19. The maximum atomic E-state index is 13.5. The Labute approximate surface area is 285 Å². The summed E-state index contributed by atoms with van der Waals surface area (Å²) in [7, 11) is 0. The van der Waals surface area contributed by atoms with E-state index in [0.29, 0.717) is 37.8 Å². The van der Waals surface area contributed by atoms with Crippen LogP contribution in [-0.2, 0) is 35.2 Å². The number of aliphatic hydroxyl groups excluding tert-OH is 1. The van der Waals surface area contributed by atoms with Crippen LogP contribution in [0, 0.1) is 11.8 Å². The molecule has 1 aromatic heterocycles. The molecular weight excluding hydrogens is 636 g/mol. The van der Waals surface area contributed by atoms with E-state index < -0.39 is 84.8 Å². The number of nitrogens with two attached hydrogens (primary N) is 2. The van der Waals surface area contributed by atoms with E-state index in [1.807, 2.05) is 24.3 Å². The minimum atomic E-state index is -1.48. The summed E-state index contributed by atoms with van der Waals surface area (Å²) in [6, 6.07) is 1.60. The molecule has 0 aliphatic carbocycles. The van der Waals surface area contributed by atoms with Crippen molar-refractivity contribution in [2.45, 2.75) is 90.0 Å². The molecule has 0 saturated carbocycles.